The van der Waals surface area contributed by atoms with Crippen LogP contribution in [0.15, 0.2) is 40.9 Å². The average Bonchev–Trinajstić information content (AvgIpc) is 2.51. The largest absolute Gasteiger partial charge is 0.385 e. The van der Waals surface area contributed by atoms with Gasteiger partial charge in [-0.25, -0.2) is 0 Å². The Morgan fingerprint density at radius 3 is 2.90 bits per heavy atom. The lowest BCUT2D eigenvalue weighted by Gasteiger charge is -2.20. The highest BCUT2D eigenvalue weighted by molar-refractivity contribution is 9.10. The van der Waals surface area contributed by atoms with Crippen LogP contribution in [0.3, 0.4) is 0 Å². The van der Waals surface area contributed by atoms with Gasteiger partial charge in [0, 0.05) is 17.8 Å². The van der Waals surface area contributed by atoms with Crippen molar-refractivity contribution in [2.75, 3.05) is 17.2 Å². The Morgan fingerprint density at radius 1 is 1.24 bits per heavy atom. The van der Waals surface area contributed by atoms with E-state index >= 15 is 0 Å². The Morgan fingerprint density at radius 2 is 2.05 bits per heavy atom. The highest BCUT2D eigenvalue weighted by Crippen LogP contribution is 2.31. The molecule has 0 unspecified atom stereocenters. The van der Waals surface area contributed by atoms with E-state index in [1.165, 1.54) is 0 Å². The molecule has 2 aromatic carbocycles. The van der Waals surface area contributed by atoms with E-state index in [1.54, 1.807) is 6.07 Å². The summed E-state index contributed by atoms with van der Waals surface area (Å²) in [6.07, 6.45) is 1.96. The van der Waals surface area contributed by atoms with Crippen LogP contribution in [0.2, 0.25) is 5.02 Å². The Bertz CT molecular complexity index is 703. The second-order valence-corrected chi connectivity index (χ2v) is 6.12. The number of carbonyl (C=O) groups is 1. The minimum absolute atomic E-state index is 0.112. The van der Waals surface area contributed by atoms with Crippen LogP contribution in [-0.4, -0.2) is 12.5 Å². The molecule has 0 spiro atoms. The van der Waals surface area contributed by atoms with Gasteiger partial charge in [0.2, 0.25) is 0 Å². The van der Waals surface area contributed by atoms with Crippen LogP contribution < -0.4 is 10.6 Å². The number of halogens is 2. The highest BCUT2D eigenvalue weighted by atomic mass is 79.9. The Hall–Kier alpha value is -1.52. The van der Waals surface area contributed by atoms with Crippen molar-refractivity contribution < 1.29 is 4.79 Å². The third kappa shape index (κ3) is 2.92. The van der Waals surface area contributed by atoms with Gasteiger partial charge in [0.1, 0.15) is 0 Å². The molecule has 1 aliphatic rings. The van der Waals surface area contributed by atoms with Crippen molar-refractivity contribution in [3.05, 3.63) is 57.0 Å². The first kappa shape index (κ1) is 14.4. The van der Waals surface area contributed by atoms with Gasteiger partial charge in [-0.2, -0.15) is 0 Å². The average molecular weight is 366 g/mol. The summed E-state index contributed by atoms with van der Waals surface area (Å²) in [4.78, 5) is 12.5. The minimum atomic E-state index is -0.112. The van der Waals surface area contributed by atoms with E-state index in [9.17, 15) is 4.79 Å². The minimum Gasteiger partial charge on any atom is -0.385 e. The molecule has 0 bridgehead atoms. The number of rotatable bonds is 2. The number of anilines is 2. The van der Waals surface area contributed by atoms with Crippen LogP contribution in [0.1, 0.15) is 22.3 Å². The molecular weight excluding hydrogens is 352 g/mol. The Labute approximate surface area is 136 Å². The third-order valence-corrected chi connectivity index (χ3v) is 4.94. The van der Waals surface area contributed by atoms with Crippen molar-refractivity contribution in [2.24, 2.45) is 0 Å². The molecule has 5 heteroatoms. The fourth-order valence-corrected chi connectivity index (χ4v) is 3.05. The van der Waals surface area contributed by atoms with E-state index in [-0.39, 0.29) is 5.91 Å². The van der Waals surface area contributed by atoms with Crippen LogP contribution >= 0.6 is 27.5 Å². The number of amides is 1. The summed E-state index contributed by atoms with van der Waals surface area (Å²) < 4.78 is 0.697. The Kier molecular flexibility index (Phi) is 4.17. The second kappa shape index (κ2) is 6.08. The first-order chi connectivity index (χ1) is 10.2. The molecule has 0 radical (unpaired) electrons. The van der Waals surface area contributed by atoms with Gasteiger partial charge in [0.25, 0.3) is 5.91 Å². The lowest BCUT2D eigenvalue weighted by molar-refractivity contribution is 0.102. The summed E-state index contributed by atoms with van der Waals surface area (Å²) in [7, 11) is 0. The quantitative estimate of drug-likeness (QED) is 0.809. The van der Waals surface area contributed by atoms with Crippen molar-refractivity contribution in [3.63, 3.8) is 0 Å². The smallest absolute Gasteiger partial charge is 0.256 e. The molecule has 0 atom stereocenters. The SMILES string of the molecule is O=C(Nc1cccc(Cl)c1Br)c1cccc2c1CCCN2. The molecule has 3 nitrogen and oxygen atoms in total. The van der Waals surface area contributed by atoms with Gasteiger partial charge in [0.05, 0.1) is 15.2 Å². The fraction of sp³-hybridized carbons (Fsp3) is 0.188. The molecule has 2 N–H and O–H groups in total. The molecule has 0 saturated carbocycles. The lowest BCUT2D eigenvalue weighted by atomic mass is 9.97. The van der Waals surface area contributed by atoms with Crippen LogP contribution in [0, 0.1) is 0 Å². The molecule has 0 aromatic heterocycles. The van der Waals surface area contributed by atoms with Crippen molar-refractivity contribution in [2.45, 2.75) is 12.8 Å². The van der Waals surface area contributed by atoms with E-state index in [2.05, 4.69) is 26.6 Å². The number of hydrogen-bond donors (Lipinski definition) is 2. The van der Waals surface area contributed by atoms with Gasteiger partial charge in [-0.3, -0.25) is 4.79 Å². The summed E-state index contributed by atoms with van der Waals surface area (Å²) in [5.41, 5.74) is 3.53. The van der Waals surface area contributed by atoms with Gasteiger partial charge in [-0.15, -0.1) is 0 Å². The number of hydrogen-bond acceptors (Lipinski definition) is 2. The van der Waals surface area contributed by atoms with E-state index in [0.29, 0.717) is 20.7 Å². The van der Waals surface area contributed by atoms with Gasteiger partial charge in [-0.1, -0.05) is 23.7 Å². The van der Waals surface area contributed by atoms with E-state index in [0.717, 1.165) is 30.6 Å². The van der Waals surface area contributed by atoms with E-state index in [4.69, 9.17) is 11.6 Å². The molecule has 3 rings (SSSR count). The number of nitrogens with one attached hydrogen (secondary N) is 2. The standard InChI is InChI=1S/C16H14BrClN2O/c17-15-12(18)6-2-8-14(15)20-16(21)11-4-1-7-13-10(11)5-3-9-19-13/h1-2,4,6-8,19H,3,5,9H2,(H,20,21). The first-order valence-electron chi connectivity index (χ1n) is 6.78. The second-order valence-electron chi connectivity index (χ2n) is 4.92. The monoisotopic (exact) mass is 364 g/mol. The molecule has 2 aromatic rings. The summed E-state index contributed by atoms with van der Waals surface area (Å²) in [5.74, 6) is -0.112. The number of benzene rings is 2. The molecule has 0 aliphatic carbocycles. The maximum Gasteiger partial charge on any atom is 0.256 e. The summed E-state index contributed by atoms with van der Waals surface area (Å²) >= 11 is 9.45. The van der Waals surface area contributed by atoms with Crippen molar-refractivity contribution in [1.29, 1.82) is 0 Å². The molecule has 1 heterocycles. The third-order valence-electron chi connectivity index (χ3n) is 3.54. The lowest BCUT2D eigenvalue weighted by Crippen LogP contribution is -2.19. The molecule has 21 heavy (non-hydrogen) atoms. The highest BCUT2D eigenvalue weighted by Gasteiger charge is 2.18. The van der Waals surface area contributed by atoms with Crippen molar-refractivity contribution in [3.8, 4) is 0 Å². The fourth-order valence-electron chi connectivity index (χ4n) is 2.51. The summed E-state index contributed by atoms with van der Waals surface area (Å²) in [6.45, 7) is 0.956. The zero-order valence-electron chi connectivity index (χ0n) is 11.2. The predicted molar refractivity (Wildman–Crippen MR) is 90.4 cm³/mol. The van der Waals surface area contributed by atoms with Gasteiger partial charge >= 0.3 is 0 Å². The van der Waals surface area contributed by atoms with Crippen LogP contribution in [0.5, 0.6) is 0 Å². The maximum absolute atomic E-state index is 12.5. The van der Waals surface area contributed by atoms with E-state index < -0.39 is 0 Å². The number of fused-ring (bicyclic) bond motifs is 1. The van der Waals surface area contributed by atoms with Gasteiger partial charge < -0.3 is 10.6 Å². The predicted octanol–water partition coefficient (Wildman–Crippen LogP) is 4.71. The normalized spacial score (nSPS) is 13.2. The molecule has 108 valence electrons. The molecule has 1 aliphatic heterocycles. The van der Waals surface area contributed by atoms with Crippen molar-refractivity contribution in [1.82, 2.24) is 0 Å². The zero-order valence-corrected chi connectivity index (χ0v) is 13.6. The number of carbonyl (C=O) groups excluding carboxylic acids is 1. The molecular formula is C16H14BrClN2O. The van der Waals surface area contributed by atoms with Crippen molar-refractivity contribution >= 4 is 44.8 Å². The van der Waals surface area contributed by atoms with Crippen LogP contribution in [0.25, 0.3) is 0 Å². The Balaban J connectivity index is 1.91. The van der Waals surface area contributed by atoms with E-state index in [1.807, 2.05) is 30.3 Å². The zero-order chi connectivity index (χ0) is 14.8. The van der Waals surface area contributed by atoms with Crippen LogP contribution in [0.4, 0.5) is 11.4 Å². The molecule has 0 fully saturated rings. The van der Waals surface area contributed by atoms with Crippen LogP contribution in [-0.2, 0) is 6.42 Å². The summed E-state index contributed by atoms with van der Waals surface area (Å²) in [6, 6.07) is 11.2. The molecule has 0 saturated heterocycles. The maximum atomic E-state index is 12.5. The first-order valence-corrected chi connectivity index (χ1v) is 7.95. The topological polar surface area (TPSA) is 41.1 Å². The molecule has 1 amide bonds. The summed E-state index contributed by atoms with van der Waals surface area (Å²) in [5, 5.41) is 6.82. The van der Waals surface area contributed by atoms with Gasteiger partial charge in [0.15, 0.2) is 0 Å². The van der Waals surface area contributed by atoms with Gasteiger partial charge in [-0.05, 0) is 58.6 Å².